The van der Waals surface area contributed by atoms with Crippen molar-refractivity contribution in [2.45, 2.75) is 19.1 Å². The lowest BCUT2D eigenvalue weighted by Gasteiger charge is -2.15. The summed E-state index contributed by atoms with van der Waals surface area (Å²) in [4.78, 5) is 24.8. The highest BCUT2D eigenvalue weighted by Gasteiger charge is 2.22. The third kappa shape index (κ3) is 3.77. The van der Waals surface area contributed by atoms with E-state index < -0.39 is 18.2 Å². The Morgan fingerprint density at radius 2 is 2.18 bits per heavy atom. The molecule has 94 valence electrons. The number of thiazole rings is 1. The van der Waals surface area contributed by atoms with Crippen molar-refractivity contribution in [2.24, 2.45) is 0 Å². The zero-order valence-electron chi connectivity index (χ0n) is 8.95. The molecule has 4 N–H and O–H groups in total. The number of amides is 1. The van der Waals surface area contributed by atoms with Crippen molar-refractivity contribution < 1.29 is 24.9 Å². The molecule has 7 nitrogen and oxygen atoms in total. The summed E-state index contributed by atoms with van der Waals surface area (Å²) >= 11 is 0.934. The van der Waals surface area contributed by atoms with Crippen molar-refractivity contribution in [3.05, 3.63) is 16.1 Å². The lowest BCUT2D eigenvalue weighted by molar-refractivity contribution is -0.119. The van der Waals surface area contributed by atoms with Gasteiger partial charge < -0.3 is 20.6 Å². The fourth-order valence-electron chi connectivity index (χ4n) is 1.05. The lowest BCUT2D eigenvalue weighted by Crippen LogP contribution is -2.34. The number of carboxylic acid groups (broad SMARTS) is 1. The molecule has 0 saturated carbocycles. The maximum absolute atomic E-state index is 10.6. The first-order valence-corrected chi connectivity index (χ1v) is 5.59. The molecule has 2 atom stereocenters. The number of aromatic nitrogens is 1. The van der Waals surface area contributed by atoms with E-state index in [9.17, 15) is 19.8 Å². The Morgan fingerprint density at radius 3 is 2.65 bits per heavy atom. The third-order valence-electron chi connectivity index (χ3n) is 1.92. The molecule has 1 rings (SSSR count). The number of nitrogens with one attached hydrogen (secondary N) is 1. The molecule has 0 aromatic carbocycles. The molecule has 17 heavy (non-hydrogen) atoms. The van der Waals surface area contributed by atoms with E-state index in [1.807, 2.05) is 0 Å². The maximum Gasteiger partial charge on any atom is 0.355 e. The molecule has 0 aliphatic rings. The van der Waals surface area contributed by atoms with Gasteiger partial charge in [-0.15, -0.1) is 11.3 Å². The minimum Gasteiger partial charge on any atom is -0.476 e. The van der Waals surface area contributed by atoms with Gasteiger partial charge in [0, 0.05) is 18.8 Å². The van der Waals surface area contributed by atoms with Gasteiger partial charge in [0.05, 0.1) is 0 Å². The first-order valence-electron chi connectivity index (χ1n) is 4.71. The summed E-state index contributed by atoms with van der Waals surface area (Å²) in [6.45, 7) is 1.16. The van der Waals surface area contributed by atoms with E-state index in [0.717, 1.165) is 11.3 Å². The average Bonchev–Trinajstić information content (AvgIpc) is 2.73. The second kappa shape index (κ2) is 5.71. The molecule has 0 saturated heterocycles. The predicted octanol–water partition coefficient (Wildman–Crippen LogP) is -0.628. The van der Waals surface area contributed by atoms with Crippen LogP contribution in [0, 0.1) is 0 Å². The van der Waals surface area contributed by atoms with Crippen LogP contribution < -0.4 is 5.32 Å². The minimum absolute atomic E-state index is 0.0975. The third-order valence-corrected chi connectivity index (χ3v) is 2.83. The summed E-state index contributed by atoms with van der Waals surface area (Å²) in [5.74, 6) is -1.53. The molecular weight excluding hydrogens is 248 g/mol. The Morgan fingerprint density at radius 1 is 1.53 bits per heavy atom. The van der Waals surface area contributed by atoms with Gasteiger partial charge in [-0.25, -0.2) is 9.78 Å². The van der Waals surface area contributed by atoms with Crippen LogP contribution in [-0.4, -0.2) is 44.8 Å². The van der Waals surface area contributed by atoms with Gasteiger partial charge in [-0.05, 0) is 0 Å². The van der Waals surface area contributed by atoms with Gasteiger partial charge in [-0.3, -0.25) is 4.79 Å². The molecule has 0 spiro atoms. The van der Waals surface area contributed by atoms with Crippen LogP contribution in [-0.2, 0) is 4.79 Å². The predicted molar refractivity (Wildman–Crippen MR) is 58.7 cm³/mol. The van der Waals surface area contributed by atoms with Gasteiger partial charge in [0.2, 0.25) is 5.91 Å². The fourth-order valence-corrected chi connectivity index (χ4v) is 1.88. The molecule has 0 fully saturated rings. The second-order valence-electron chi connectivity index (χ2n) is 3.33. The zero-order valence-corrected chi connectivity index (χ0v) is 9.77. The number of nitrogens with zero attached hydrogens (tertiary/aromatic N) is 1. The molecule has 2 unspecified atom stereocenters. The molecule has 0 aliphatic heterocycles. The Hall–Kier alpha value is -1.51. The van der Waals surface area contributed by atoms with E-state index in [2.05, 4.69) is 10.3 Å². The smallest absolute Gasteiger partial charge is 0.355 e. The van der Waals surface area contributed by atoms with Gasteiger partial charge in [0.15, 0.2) is 5.69 Å². The highest BCUT2D eigenvalue weighted by Crippen LogP contribution is 2.21. The molecule has 1 aromatic rings. The number of aromatic carboxylic acids is 1. The Labute approximate surface area is 101 Å². The fraction of sp³-hybridized carbons (Fsp3) is 0.444. The zero-order chi connectivity index (χ0) is 13.0. The number of carbonyl (C=O) groups is 2. The van der Waals surface area contributed by atoms with Gasteiger partial charge in [-0.1, -0.05) is 0 Å². The van der Waals surface area contributed by atoms with Crippen LogP contribution in [0.2, 0.25) is 0 Å². The number of hydrogen-bond donors (Lipinski definition) is 4. The van der Waals surface area contributed by atoms with E-state index >= 15 is 0 Å². The van der Waals surface area contributed by atoms with Crippen molar-refractivity contribution in [1.82, 2.24) is 10.3 Å². The van der Waals surface area contributed by atoms with Crippen molar-refractivity contribution >= 4 is 23.2 Å². The summed E-state index contributed by atoms with van der Waals surface area (Å²) in [5.41, 5.74) is -0.184. The highest BCUT2D eigenvalue weighted by molar-refractivity contribution is 7.09. The Bertz CT molecular complexity index is 419. The van der Waals surface area contributed by atoms with E-state index in [1.165, 1.54) is 12.3 Å². The SMILES string of the molecule is CC(=O)NCC(O)C(O)c1nc(C(=O)O)cs1. The summed E-state index contributed by atoms with van der Waals surface area (Å²) in [6, 6.07) is 0. The topological polar surface area (TPSA) is 120 Å². The molecular formula is C9H12N2O5S. The number of hydrogen-bond acceptors (Lipinski definition) is 6. The summed E-state index contributed by atoms with van der Waals surface area (Å²) in [7, 11) is 0. The van der Waals surface area contributed by atoms with E-state index in [-0.39, 0.29) is 23.2 Å². The average molecular weight is 260 g/mol. The largest absolute Gasteiger partial charge is 0.476 e. The van der Waals surface area contributed by atoms with Gasteiger partial charge >= 0.3 is 5.97 Å². The first-order chi connectivity index (χ1) is 7.91. The second-order valence-corrected chi connectivity index (χ2v) is 4.22. The van der Waals surface area contributed by atoms with Crippen LogP contribution in [0.1, 0.15) is 28.5 Å². The number of aliphatic hydroxyl groups excluding tert-OH is 2. The standard InChI is InChI=1S/C9H12N2O5S/c1-4(12)10-2-6(13)7(14)8-11-5(3-17-8)9(15)16/h3,6-7,13-14H,2H2,1H3,(H,10,12)(H,15,16). The van der Waals surface area contributed by atoms with E-state index in [1.54, 1.807) is 0 Å². The maximum atomic E-state index is 10.6. The molecule has 0 bridgehead atoms. The monoisotopic (exact) mass is 260 g/mol. The van der Waals surface area contributed by atoms with Crippen LogP contribution in [0.25, 0.3) is 0 Å². The van der Waals surface area contributed by atoms with Gasteiger partial charge in [0.25, 0.3) is 0 Å². The van der Waals surface area contributed by atoms with E-state index in [4.69, 9.17) is 5.11 Å². The molecule has 1 heterocycles. The van der Waals surface area contributed by atoms with Crippen LogP contribution in [0.15, 0.2) is 5.38 Å². The summed E-state index contributed by atoms with van der Waals surface area (Å²) in [6.07, 6.45) is -2.55. The van der Waals surface area contributed by atoms with Crippen LogP contribution >= 0.6 is 11.3 Å². The normalized spacial score (nSPS) is 14.1. The van der Waals surface area contributed by atoms with Gasteiger partial charge in [-0.2, -0.15) is 0 Å². The Kier molecular flexibility index (Phi) is 4.55. The highest BCUT2D eigenvalue weighted by atomic mass is 32.1. The summed E-state index contributed by atoms with van der Waals surface area (Å²) in [5, 5.41) is 31.5. The van der Waals surface area contributed by atoms with E-state index in [0.29, 0.717) is 0 Å². The van der Waals surface area contributed by atoms with Crippen LogP contribution in [0.3, 0.4) is 0 Å². The van der Waals surface area contributed by atoms with Gasteiger partial charge in [0.1, 0.15) is 17.2 Å². The molecule has 0 radical (unpaired) electrons. The number of rotatable bonds is 5. The van der Waals surface area contributed by atoms with Crippen molar-refractivity contribution in [1.29, 1.82) is 0 Å². The number of carbonyl (C=O) groups excluding carboxylic acids is 1. The first kappa shape index (κ1) is 13.6. The molecule has 1 aromatic heterocycles. The number of carboxylic acids is 1. The quantitative estimate of drug-likeness (QED) is 0.559. The van der Waals surface area contributed by atoms with Crippen molar-refractivity contribution in [2.75, 3.05) is 6.54 Å². The number of aliphatic hydroxyl groups is 2. The molecule has 1 amide bonds. The molecule has 0 aliphatic carbocycles. The van der Waals surface area contributed by atoms with Crippen LogP contribution in [0.5, 0.6) is 0 Å². The lowest BCUT2D eigenvalue weighted by atomic mass is 10.2. The Balaban J connectivity index is 2.64. The van der Waals surface area contributed by atoms with Crippen molar-refractivity contribution in [3.63, 3.8) is 0 Å². The van der Waals surface area contributed by atoms with Crippen molar-refractivity contribution in [3.8, 4) is 0 Å². The minimum atomic E-state index is -1.32. The molecule has 8 heteroatoms. The summed E-state index contributed by atoms with van der Waals surface area (Å²) < 4.78 is 0. The van der Waals surface area contributed by atoms with Crippen LogP contribution in [0.4, 0.5) is 0 Å².